The molecule has 200 valence electrons. The number of aromatic nitrogens is 3. The molecule has 0 fully saturated rings. The maximum atomic E-state index is 14.8. The van der Waals surface area contributed by atoms with Crippen LogP contribution < -0.4 is 9.64 Å². The lowest BCUT2D eigenvalue weighted by Gasteiger charge is -2.18. The van der Waals surface area contributed by atoms with Gasteiger partial charge in [0.05, 0.1) is 17.1 Å². The quantitative estimate of drug-likeness (QED) is 0.227. The molecule has 11 heteroatoms. The lowest BCUT2D eigenvalue weighted by Crippen LogP contribution is -2.27. The first-order valence-corrected chi connectivity index (χ1v) is 11.8. The van der Waals surface area contributed by atoms with Crippen LogP contribution in [0.5, 0.6) is 5.75 Å². The number of amides is 1. The molecule has 0 radical (unpaired) electrons. The summed E-state index contributed by atoms with van der Waals surface area (Å²) in [4.78, 5) is 18.5. The van der Waals surface area contributed by atoms with E-state index in [-0.39, 0.29) is 29.2 Å². The van der Waals surface area contributed by atoms with Gasteiger partial charge in [0.2, 0.25) is 0 Å². The number of rotatable bonds is 6. The van der Waals surface area contributed by atoms with Crippen molar-refractivity contribution in [1.29, 1.82) is 0 Å². The number of nitrogens with zero attached hydrogens (tertiary/aromatic N) is 4. The van der Waals surface area contributed by atoms with Crippen LogP contribution in [0.15, 0.2) is 71.1 Å². The van der Waals surface area contributed by atoms with Gasteiger partial charge in [0.1, 0.15) is 23.7 Å². The largest absolute Gasteiger partial charge is 0.487 e. The molecule has 0 saturated carbocycles. The highest BCUT2D eigenvalue weighted by molar-refractivity contribution is 6.06. The van der Waals surface area contributed by atoms with Gasteiger partial charge in [-0.1, -0.05) is 23.8 Å². The van der Waals surface area contributed by atoms with Crippen molar-refractivity contribution < 1.29 is 31.5 Å². The molecule has 2 heterocycles. The molecule has 5 aromatic rings. The predicted octanol–water partition coefficient (Wildman–Crippen LogP) is 6.64. The monoisotopic (exact) mass is 538 g/mol. The van der Waals surface area contributed by atoms with E-state index >= 15 is 0 Å². The Balaban J connectivity index is 1.46. The molecule has 0 aliphatic carbocycles. The van der Waals surface area contributed by atoms with Crippen molar-refractivity contribution >= 4 is 22.7 Å². The van der Waals surface area contributed by atoms with Gasteiger partial charge in [0, 0.05) is 31.7 Å². The Morgan fingerprint density at radius 3 is 2.51 bits per heavy atom. The van der Waals surface area contributed by atoms with Gasteiger partial charge in [0.25, 0.3) is 5.91 Å². The van der Waals surface area contributed by atoms with E-state index in [0.29, 0.717) is 22.7 Å². The second kappa shape index (κ2) is 9.90. The molecule has 0 bridgehead atoms. The molecule has 1 amide bonds. The van der Waals surface area contributed by atoms with Crippen LogP contribution in [0.25, 0.3) is 16.8 Å². The summed E-state index contributed by atoms with van der Waals surface area (Å²) >= 11 is 0. The molecule has 0 unspecified atom stereocenters. The lowest BCUT2D eigenvalue weighted by atomic mass is 10.1. The topological polar surface area (TPSA) is 73.4 Å². The Morgan fingerprint density at radius 2 is 1.79 bits per heavy atom. The van der Waals surface area contributed by atoms with E-state index in [1.54, 1.807) is 19.1 Å². The summed E-state index contributed by atoms with van der Waals surface area (Å²) in [5.41, 5.74) is 0.929. The Morgan fingerprint density at radius 1 is 1.05 bits per heavy atom. The molecular weight excluding hydrogens is 516 g/mol. The molecule has 3 aromatic carbocycles. The summed E-state index contributed by atoms with van der Waals surface area (Å²) in [5.74, 6) is -0.441. The van der Waals surface area contributed by atoms with E-state index in [1.807, 2.05) is 19.1 Å². The standard InChI is InChI=1S/C28H22F4N4O3/c1-16-7-9-21(10-8-16)38-15-20-12-26(28(30,31)32)34-36(20)19-6-4-5-18(11-19)27(37)35(3)24-14-25-23(13-22(24)29)33-17(2)39-25/h4-14H,15H2,1-3H3. The maximum Gasteiger partial charge on any atom is 0.435 e. The number of hydrogen-bond donors (Lipinski definition) is 0. The predicted molar refractivity (Wildman–Crippen MR) is 136 cm³/mol. The minimum Gasteiger partial charge on any atom is -0.487 e. The van der Waals surface area contributed by atoms with Gasteiger partial charge >= 0.3 is 6.18 Å². The molecule has 2 aromatic heterocycles. The summed E-state index contributed by atoms with van der Waals surface area (Å²) in [6, 6.07) is 16.4. The Kier molecular flexibility index (Phi) is 6.59. The summed E-state index contributed by atoms with van der Waals surface area (Å²) in [6.07, 6.45) is -4.69. The lowest BCUT2D eigenvalue weighted by molar-refractivity contribution is -0.141. The molecule has 0 aliphatic heterocycles. The number of alkyl halides is 3. The zero-order valence-corrected chi connectivity index (χ0v) is 21.1. The number of anilines is 1. The number of benzene rings is 3. The smallest absolute Gasteiger partial charge is 0.435 e. The van der Waals surface area contributed by atoms with E-state index < -0.39 is 23.6 Å². The molecule has 39 heavy (non-hydrogen) atoms. The minimum absolute atomic E-state index is 0.0420. The highest BCUT2D eigenvalue weighted by atomic mass is 19.4. The molecule has 5 rings (SSSR count). The average Bonchev–Trinajstić information content (AvgIpc) is 3.49. The van der Waals surface area contributed by atoms with Gasteiger partial charge in [-0.05, 0) is 43.3 Å². The third-order valence-corrected chi connectivity index (χ3v) is 6.05. The van der Waals surface area contributed by atoms with Gasteiger partial charge < -0.3 is 14.1 Å². The molecular formula is C28H22F4N4O3. The van der Waals surface area contributed by atoms with E-state index in [0.717, 1.165) is 21.2 Å². The second-order valence-electron chi connectivity index (χ2n) is 8.95. The maximum absolute atomic E-state index is 14.8. The third kappa shape index (κ3) is 5.33. The molecule has 0 N–H and O–H groups in total. The zero-order valence-electron chi connectivity index (χ0n) is 21.1. The summed E-state index contributed by atoms with van der Waals surface area (Å²) in [6.45, 7) is 3.32. The number of hydrogen-bond acceptors (Lipinski definition) is 5. The summed E-state index contributed by atoms with van der Waals surface area (Å²) in [7, 11) is 1.39. The van der Waals surface area contributed by atoms with Gasteiger partial charge in [-0.3, -0.25) is 4.79 Å². The van der Waals surface area contributed by atoms with E-state index in [9.17, 15) is 22.4 Å². The fourth-order valence-corrected chi connectivity index (χ4v) is 4.06. The van der Waals surface area contributed by atoms with Crippen LogP contribution in [0.1, 0.15) is 33.2 Å². The first-order chi connectivity index (χ1) is 18.5. The fraction of sp³-hybridized carbons (Fsp3) is 0.179. The number of ether oxygens (including phenoxy) is 1. The number of halogens is 4. The molecule has 0 atom stereocenters. The van der Waals surface area contributed by atoms with Crippen LogP contribution >= 0.6 is 0 Å². The molecule has 0 spiro atoms. The van der Waals surface area contributed by atoms with E-state index in [1.165, 1.54) is 43.4 Å². The van der Waals surface area contributed by atoms with Crippen molar-refractivity contribution in [2.45, 2.75) is 26.6 Å². The van der Waals surface area contributed by atoms with Crippen molar-refractivity contribution in [3.05, 3.63) is 101 Å². The Labute approximate surface area is 220 Å². The normalized spacial score (nSPS) is 11.7. The van der Waals surface area contributed by atoms with Gasteiger partial charge in [-0.15, -0.1) is 0 Å². The van der Waals surface area contributed by atoms with Crippen molar-refractivity contribution in [1.82, 2.24) is 14.8 Å². The number of carbonyl (C=O) groups is 1. The van der Waals surface area contributed by atoms with Crippen LogP contribution in [0.4, 0.5) is 23.2 Å². The Bertz CT molecular complexity index is 1670. The highest BCUT2D eigenvalue weighted by Crippen LogP contribution is 2.31. The van der Waals surface area contributed by atoms with Crippen molar-refractivity contribution in [2.24, 2.45) is 0 Å². The summed E-state index contributed by atoms with van der Waals surface area (Å²) in [5, 5.41) is 3.74. The number of carbonyl (C=O) groups excluding carboxylic acids is 1. The number of oxazole rings is 1. The van der Waals surface area contributed by atoms with Crippen molar-refractivity contribution in [2.75, 3.05) is 11.9 Å². The minimum atomic E-state index is -4.69. The Hall–Kier alpha value is -4.67. The average molecular weight is 539 g/mol. The van der Waals surface area contributed by atoms with E-state index in [4.69, 9.17) is 9.15 Å². The van der Waals surface area contributed by atoms with Crippen LogP contribution in [0, 0.1) is 19.7 Å². The SMILES string of the molecule is Cc1ccc(OCc2cc(C(F)(F)F)nn2-c2cccc(C(=O)N(C)c3cc4oc(C)nc4cc3F)c2)cc1. The summed E-state index contributed by atoms with van der Waals surface area (Å²) < 4.78 is 67.6. The van der Waals surface area contributed by atoms with E-state index in [2.05, 4.69) is 10.1 Å². The first-order valence-electron chi connectivity index (χ1n) is 11.8. The third-order valence-electron chi connectivity index (χ3n) is 6.05. The fourth-order valence-electron chi connectivity index (χ4n) is 4.06. The zero-order chi connectivity index (χ0) is 27.9. The number of fused-ring (bicyclic) bond motifs is 1. The molecule has 7 nitrogen and oxygen atoms in total. The van der Waals surface area contributed by atoms with Gasteiger partial charge in [0.15, 0.2) is 17.2 Å². The first kappa shape index (κ1) is 26.0. The van der Waals surface area contributed by atoms with Crippen molar-refractivity contribution in [3.8, 4) is 11.4 Å². The van der Waals surface area contributed by atoms with Crippen LogP contribution in [0.2, 0.25) is 0 Å². The van der Waals surface area contributed by atoms with Crippen LogP contribution in [-0.4, -0.2) is 27.7 Å². The molecule has 0 saturated heterocycles. The van der Waals surface area contributed by atoms with Crippen LogP contribution in [0.3, 0.4) is 0 Å². The van der Waals surface area contributed by atoms with Gasteiger partial charge in [-0.25, -0.2) is 14.1 Å². The van der Waals surface area contributed by atoms with Crippen LogP contribution in [-0.2, 0) is 12.8 Å². The highest BCUT2D eigenvalue weighted by Gasteiger charge is 2.35. The molecule has 0 aliphatic rings. The number of aryl methyl sites for hydroxylation is 2. The second-order valence-corrected chi connectivity index (χ2v) is 8.95. The van der Waals surface area contributed by atoms with Gasteiger partial charge in [-0.2, -0.15) is 18.3 Å². The van der Waals surface area contributed by atoms with Crippen molar-refractivity contribution in [3.63, 3.8) is 0 Å².